The highest BCUT2D eigenvalue weighted by molar-refractivity contribution is 9.08. The van der Waals surface area contributed by atoms with Crippen LogP contribution in [0.1, 0.15) is 31.0 Å². The molecule has 0 radical (unpaired) electrons. The first kappa shape index (κ1) is 16.8. The Labute approximate surface area is 150 Å². The summed E-state index contributed by atoms with van der Waals surface area (Å²) in [6.07, 6.45) is 0. The van der Waals surface area contributed by atoms with E-state index in [0.717, 1.165) is 39.0 Å². The summed E-state index contributed by atoms with van der Waals surface area (Å²) in [7, 11) is 0. The van der Waals surface area contributed by atoms with Gasteiger partial charge in [0.2, 0.25) is 0 Å². The topological polar surface area (TPSA) is 12.9 Å². The summed E-state index contributed by atoms with van der Waals surface area (Å²) in [6.45, 7) is 4.30. The summed E-state index contributed by atoms with van der Waals surface area (Å²) in [6, 6.07) is 18.9. The van der Waals surface area contributed by atoms with Crippen molar-refractivity contribution in [2.24, 2.45) is 0 Å². The third-order valence-electron chi connectivity index (χ3n) is 4.06. The maximum atomic E-state index is 13.3. The highest BCUT2D eigenvalue weighted by Gasteiger charge is 2.16. The number of alkyl halides is 1. The lowest BCUT2D eigenvalue weighted by atomic mass is 9.93. The van der Waals surface area contributed by atoms with Crippen LogP contribution in [-0.4, -0.2) is 4.98 Å². The van der Waals surface area contributed by atoms with Gasteiger partial charge in [-0.15, -0.1) is 0 Å². The predicted octanol–water partition coefficient (Wildman–Crippen LogP) is 6.57. The van der Waals surface area contributed by atoms with E-state index in [-0.39, 0.29) is 5.82 Å². The maximum absolute atomic E-state index is 13.3. The molecule has 0 N–H and O–H groups in total. The number of aromatic nitrogens is 1. The fourth-order valence-corrected chi connectivity index (χ4v) is 3.44. The highest BCUT2D eigenvalue weighted by Crippen LogP contribution is 2.34. The normalized spacial score (nSPS) is 11.0. The molecule has 0 fully saturated rings. The Morgan fingerprint density at radius 3 is 2.21 bits per heavy atom. The summed E-state index contributed by atoms with van der Waals surface area (Å²) < 4.78 is 13.3. The lowest BCUT2D eigenvalue weighted by Gasteiger charge is -2.17. The molecule has 122 valence electrons. The van der Waals surface area contributed by atoms with E-state index in [0.29, 0.717) is 5.92 Å². The smallest absolute Gasteiger partial charge is 0.123 e. The van der Waals surface area contributed by atoms with Crippen molar-refractivity contribution in [1.29, 1.82) is 0 Å². The molecule has 1 nitrogen and oxygen atoms in total. The molecule has 0 bridgehead atoms. The number of hydrogen-bond acceptors (Lipinski definition) is 1. The highest BCUT2D eigenvalue weighted by atomic mass is 79.9. The van der Waals surface area contributed by atoms with Gasteiger partial charge in [-0.1, -0.05) is 72.2 Å². The largest absolute Gasteiger partial charge is 0.252 e. The summed E-state index contributed by atoms with van der Waals surface area (Å²) in [4.78, 5) is 4.91. The lowest BCUT2D eigenvalue weighted by molar-refractivity contribution is 0.628. The molecule has 1 heterocycles. The third-order valence-corrected chi connectivity index (χ3v) is 4.62. The van der Waals surface area contributed by atoms with Crippen LogP contribution in [0.2, 0.25) is 0 Å². The van der Waals surface area contributed by atoms with E-state index >= 15 is 0 Å². The van der Waals surface area contributed by atoms with Crippen LogP contribution in [0.15, 0.2) is 60.7 Å². The van der Waals surface area contributed by atoms with Gasteiger partial charge in [0.25, 0.3) is 0 Å². The zero-order valence-corrected chi connectivity index (χ0v) is 15.3. The number of pyridine rings is 1. The van der Waals surface area contributed by atoms with Crippen molar-refractivity contribution in [2.75, 3.05) is 0 Å². The SMILES string of the molecule is CC(C)c1nc(-c2ccccc2)cc(-c2ccc(F)cc2)c1CBr. The molecule has 0 aliphatic rings. The van der Waals surface area contributed by atoms with E-state index < -0.39 is 0 Å². The zero-order valence-electron chi connectivity index (χ0n) is 13.8. The van der Waals surface area contributed by atoms with Crippen LogP contribution in [0, 0.1) is 5.82 Å². The second-order valence-electron chi connectivity index (χ2n) is 6.08. The van der Waals surface area contributed by atoms with Crippen LogP contribution in [0.3, 0.4) is 0 Å². The van der Waals surface area contributed by atoms with Gasteiger partial charge in [-0.25, -0.2) is 4.39 Å². The molecule has 0 amide bonds. The van der Waals surface area contributed by atoms with Crippen molar-refractivity contribution in [3.63, 3.8) is 0 Å². The predicted molar refractivity (Wildman–Crippen MR) is 102 cm³/mol. The molecule has 3 rings (SSSR count). The molecule has 0 unspecified atom stereocenters. The Morgan fingerprint density at radius 1 is 0.958 bits per heavy atom. The van der Waals surface area contributed by atoms with E-state index in [1.165, 1.54) is 12.1 Å². The Morgan fingerprint density at radius 2 is 1.62 bits per heavy atom. The Hall–Kier alpha value is -2.00. The minimum absolute atomic E-state index is 0.222. The van der Waals surface area contributed by atoms with Gasteiger partial charge in [-0.3, -0.25) is 4.98 Å². The molecule has 3 aromatic rings. The standard InChI is InChI=1S/C21H19BrFN/c1-14(2)21-19(13-22)18(15-8-10-17(23)11-9-15)12-20(24-21)16-6-4-3-5-7-16/h3-12,14H,13H2,1-2H3. The van der Waals surface area contributed by atoms with Crippen molar-refractivity contribution < 1.29 is 4.39 Å². The fourth-order valence-electron chi connectivity index (χ4n) is 2.85. The Balaban J connectivity index is 2.25. The molecule has 0 spiro atoms. The average molecular weight is 384 g/mol. The van der Waals surface area contributed by atoms with Gasteiger partial charge in [-0.05, 0) is 40.8 Å². The minimum Gasteiger partial charge on any atom is -0.252 e. The lowest BCUT2D eigenvalue weighted by Crippen LogP contribution is -2.03. The van der Waals surface area contributed by atoms with Crippen molar-refractivity contribution in [2.45, 2.75) is 25.1 Å². The van der Waals surface area contributed by atoms with E-state index in [1.54, 1.807) is 0 Å². The van der Waals surface area contributed by atoms with Crippen LogP contribution >= 0.6 is 15.9 Å². The van der Waals surface area contributed by atoms with E-state index in [4.69, 9.17) is 4.98 Å². The Bertz CT molecular complexity index is 826. The van der Waals surface area contributed by atoms with E-state index in [2.05, 4.69) is 48.0 Å². The first-order chi connectivity index (χ1) is 11.6. The molecule has 24 heavy (non-hydrogen) atoms. The molecule has 0 saturated heterocycles. The number of nitrogens with zero attached hydrogens (tertiary/aromatic N) is 1. The molecule has 0 atom stereocenters. The van der Waals surface area contributed by atoms with Gasteiger partial charge in [0.1, 0.15) is 5.82 Å². The van der Waals surface area contributed by atoms with Crippen LogP contribution in [0.5, 0.6) is 0 Å². The molecule has 1 aromatic heterocycles. The number of hydrogen-bond donors (Lipinski definition) is 0. The van der Waals surface area contributed by atoms with Gasteiger partial charge in [0.15, 0.2) is 0 Å². The summed E-state index contributed by atoms with van der Waals surface area (Å²) in [5.74, 6) is 0.0842. The quantitative estimate of drug-likeness (QED) is 0.464. The third kappa shape index (κ3) is 3.41. The molecular formula is C21H19BrFN. The van der Waals surface area contributed by atoms with Crippen molar-refractivity contribution >= 4 is 15.9 Å². The summed E-state index contributed by atoms with van der Waals surface area (Å²) >= 11 is 3.61. The van der Waals surface area contributed by atoms with E-state index in [1.807, 2.05) is 30.3 Å². The van der Waals surface area contributed by atoms with Gasteiger partial charge in [0.05, 0.1) is 5.69 Å². The van der Waals surface area contributed by atoms with Gasteiger partial charge in [0, 0.05) is 16.6 Å². The number of rotatable bonds is 4. The van der Waals surface area contributed by atoms with Gasteiger partial charge >= 0.3 is 0 Å². The first-order valence-electron chi connectivity index (χ1n) is 8.01. The van der Waals surface area contributed by atoms with Crippen molar-refractivity contribution in [3.05, 3.63) is 77.7 Å². The number of halogens is 2. The van der Waals surface area contributed by atoms with Crippen LogP contribution in [0.4, 0.5) is 4.39 Å². The molecular weight excluding hydrogens is 365 g/mol. The molecule has 3 heteroatoms. The molecule has 0 saturated carbocycles. The van der Waals surface area contributed by atoms with Crippen LogP contribution in [-0.2, 0) is 5.33 Å². The van der Waals surface area contributed by atoms with Gasteiger partial charge < -0.3 is 0 Å². The molecule has 0 aliphatic heterocycles. The van der Waals surface area contributed by atoms with Crippen LogP contribution < -0.4 is 0 Å². The fraction of sp³-hybridized carbons (Fsp3) is 0.190. The first-order valence-corrected chi connectivity index (χ1v) is 9.13. The number of benzene rings is 2. The summed E-state index contributed by atoms with van der Waals surface area (Å²) in [5.41, 5.74) is 6.38. The van der Waals surface area contributed by atoms with Crippen LogP contribution in [0.25, 0.3) is 22.4 Å². The Kier molecular flexibility index (Phi) is 5.10. The zero-order chi connectivity index (χ0) is 17.1. The second-order valence-corrected chi connectivity index (χ2v) is 6.64. The van der Waals surface area contributed by atoms with Crippen molar-refractivity contribution in [3.8, 4) is 22.4 Å². The monoisotopic (exact) mass is 383 g/mol. The van der Waals surface area contributed by atoms with E-state index in [9.17, 15) is 4.39 Å². The van der Waals surface area contributed by atoms with Crippen molar-refractivity contribution in [1.82, 2.24) is 4.98 Å². The average Bonchev–Trinajstić information content (AvgIpc) is 2.62. The maximum Gasteiger partial charge on any atom is 0.123 e. The second kappa shape index (κ2) is 7.27. The van der Waals surface area contributed by atoms with Gasteiger partial charge in [-0.2, -0.15) is 0 Å². The molecule has 0 aliphatic carbocycles. The minimum atomic E-state index is -0.222. The molecule has 2 aromatic carbocycles. The summed E-state index contributed by atoms with van der Waals surface area (Å²) in [5, 5.41) is 0.718.